The summed E-state index contributed by atoms with van der Waals surface area (Å²) in [6.45, 7) is 7.08. The van der Waals surface area contributed by atoms with Crippen LogP contribution < -0.4 is 0 Å². The SMILES string of the molecule is CCC1c2ccccc2-c2c1c1c(c3c2C(CC)c2ccc(-c4ccc(C=O)s4)cc2-3)C(CC)c2ccccc2-1. The van der Waals surface area contributed by atoms with Gasteiger partial charge in [-0.05, 0) is 110 Å². The van der Waals surface area contributed by atoms with Crippen LogP contribution in [0, 0.1) is 0 Å². The lowest BCUT2D eigenvalue weighted by atomic mass is 9.79. The van der Waals surface area contributed by atoms with Gasteiger partial charge in [0.2, 0.25) is 0 Å². The van der Waals surface area contributed by atoms with Crippen LogP contribution in [0.4, 0.5) is 0 Å². The molecule has 3 aliphatic carbocycles. The van der Waals surface area contributed by atoms with Gasteiger partial charge in [-0.25, -0.2) is 0 Å². The van der Waals surface area contributed by atoms with Crippen molar-refractivity contribution in [3.05, 3.63) is 117 Å². The number of thiophene rings is 1. The van der Waals surface area contributed by atoms with Gasteiger partial charge in [0.05, 0.1) is 4.88 Å². The second-order valence-electron chi connectivity index (χ2n) is 11.5. The molecule has 0 spiro atoms. The third-order valence-corrected chi connectivity index (χ3v) is 10.9. The fraction of sp³-hybridized carbons (Fsp3) is 0.237. The molecule has 0 bridgehead atoms. The highest BCUT2D eigenvalue weighted by Gasteiger charge is 2.45. The molecule has 1 nitrogen and oxygen atoms in total. The predicted octanol–water partition coefficient (Wildman–Crippen LogP) is 10.8. The standard InChI is InChI=1S/C38H32OS/c1-4-23-26-11-7-9-13-29(26)37-33(23)36-30-14-10-8-12-27(30)24(5-2)34(36)38-31-19-21(32-18-16-22(20-39)40-32)15-17-28(31)25(6-3)35(37)38/h7-20,23-25H,4-6H2,1-3H3. The van der Waals surface area contributed by atoms with E-state index in [4.69, 9.17) is 0 Å². The average molecular weight is 537 g/mol. The molecule has 0 fully saturated rings. The summed E-state index contributed by atoms with van der Waals surface area (Å²) >= 11 is 1.59. The lowest BCUT2D eigenvalue weighted by Crippen LogP contribution is -2.05. The summed E-state index contributed by atoms with van der Waals surface area (Å²) in [4.78, 5) is 13.4. The lowest BCUT2D eigenvalue weighted by molar-refractivity contribution is 0.112. The summed E-state index contributed by atoms with van der Waals surface area (Å²) in [6, 6.07) is 29.6. The highest BCUT2D eigenvalue weighted by atomic mass is 32.1. The van der Waals surface area contributed by atoms with Crippen LogP contribution in [0.5, 0.6) is 0 Å². The topological polar surface area (TPSA) is 17.1 Å². The largest absolute Gasteiger partial charge is 0.297 e. The number of aldehydes is 1. The van der Waals surface area contributed by atoms with Crippen LogP contribution in [-0.2, 0) is 0 Å². The zero-order valence-electron chi connectivity index (χ0n) is 23.3. The van der Waals surface area contributed by atoms with Crippen molar-refractivity contribution in [1.82, 2.24) is 0 Å². The molecule has 8 rings (SSSR count). The molecule has 4 aromatic carbocycles. The Labute approximate surface area is 240 Å². The van der Waals surface area contributed by atoms with Crippen LogP contribution in [-0.4, -0.2) is 6.29 Å². The van der Waals surface area contributed by atoms with E-state index >= 15 is 0 Å². The average Bonchev–Trinajstić information content (AvgIpc) is 3.75. The second-order valence-corrected chi connectivity index (χ2v) is 12.7. The summed E-state index contributed by atoms with van der Waals surface area (Å²) in [6.07, 6.45) is 4.25. The summed E-state index contributed by atoms with van der Waals surface area (Å²) in [5.41, 5.74) is 19.2. The zero-order valence-corrected chi connectivity index (χ0v) is 24.1. The Morgan fingerprint density at radius 2 is 1.10 bits per heavy atom. The summed E-state index contributed by atoms with van der Waals surface area (Å²) in [7, 11) is 0. The first-order chi connectivity index (χ1) is 19.7. The van der Waals surface area contributed by atoms with E-state index in [2.05, 4.69) is 93.6 Å². The number of carbonyl (C=O) groups is 1. The fourth-order valence-corrected chi connectivity index (χ4v) is 9.14. The minimum absolute atomic E-state index is 0.386. The van der Waals surface area contributed by atoms with Crippen LogP contribution >= 0.6 is 11.3 Å². The van der Waals surface area contributed by atoms with Crippen LogP contribution in [0.3, 0.4) is 0 Å². The number of fused-ring (bicyclic) bond motifs is 12. The number of hydrogen-bond acceptors (Lipinski definition) is 2. The van der Waals surface area contributed by atoms with E-state index in [1.165, 1.54) is 55.6 Å². The molecule has 5 aromatic rings. The van der Waals surface area contributed by atoms with Crippen molar-refractivity contribution in [3.8, 4) is 43.8 Å². The number of rotatable bonds is 5. The van der Waals surface area contributed by atoms with Gasteiger partial charge in [-0.3, -0.25) is 4.79 Å². The Morgan fingerprint density at radius 1 is 0.600 bits per heavy atom. The summed E-state index contributed by atoms with van der Waals surface area (Å²) < 4.78 is 0. The molecule has 0 aliphatic heterocycles. The summed E-state index contributed by atoms with van der Waals surface area (Å²) in [5.74, 6) is 1.22. The van der Waals surface area contributed by atoms with Gasteiger partial charge in [-0.15, -0.1) is 11.3 Å². The molecule has 1 heterocycles. The van der Waals surface area contributed by atoms with E-state index < -0.39 is 0 Å². The number of benzene rings is 4. The molecule has 3 atom stereocenters. The van der Waals surface area contributed by atoms with Gasteiger partial charge in [0.15, 0.2) is 6.29 Å². The molecule has 2 heteroatoms. The maximum Gasteiger partial charge on any atom is 0.160 e. The van der Waals surface area contributed by atoms with E-state index in [-0.39, 0.29) is 0 Å². The number of carbonyl (C=O) groups excluding carboxylic acids is 1. The Morgan fingerprint density at radius 3 is 1.60 bits per heavy atom. The molecule has 3 unspecified atom stereocenters. The van der Waals surface area contributed by atoms with Gasteiger partial charge in [-0.2, -0.15) is 0 Å². The highest BCUT2D eigenvalue weighted by molar-refractivity contribution is 7.17. The van der Waals surface area contributed by atoms with Crippen molar-refractivity contribution >= 4 is 17.6 Å². The van der Waals surface area contributed by atoms with Crippen molar-refractivity contribution in [3.63, 3.8) is 0 Å². The molecule has 0 saturated carbocycles. The normalized spacial score (nSPS) is 19.0. The third kappa shape index (κ3) is 3.01. The minimum atomic E-state index is 0.386. The van der Waals surface area contributed by atoms with Crippen molar-refractivity contribution in [1.29, 1.82) is 0 Å². The van der Waals surface area contributed by atoms with E-state index in [1.807, 2.05) is 6.07 Å². The van der Waals surface area contributed by atoms with Crippen molar-refractivity contribution in [2.75, 3.05) is 0 Å². The van der Waals surface area contributed by atoms with Crippen LogP contribution in [0.15, 0.2) is 78.9 Å². The van der Waals surface area contributed by atoms with Crippen molar-refractivity contribution in [2.45, 2.75) is 57.8 Å². The van der Waals surface area contributed by atoms with Crippen molar-refractivity contribution < 1.29 is 4.79 Å². The first-order valence-electron chi connectivity index (χ1n) is 14.8. The molecule has 3 aliphatic rings. The van der Waals surface area contributed by atoms with E-state index in [0.717, 1.165) is 35.3 Å². The molecular weight excluding hydrogens is 504 g/mol. The molecule has 0 radical (unpaired) electrons. The van der Waals surface area contributed by atoms with Gasteiger partial charge in [0.1, 0.15) is 0 Å². The highest BCUT2D eigenvalue weighted by Crippen LogP contribution is 2.65. The van der Waals surface area contributed by atoms with Gasteiger partial charge >= 0.3 is 0 Å². The molecule has 0 amide bonds. The smallest absolute Gasteiger partial charge is 0.160 e. The van der Waals surface area contributed by atoms with Gasteiger partial charge in [0, 0.05) is 22.6 Å². The van der Waals surface area contributed by atoms with Crippen LogP contribution in [0.2, 0.25) is 0 Å². The molecule has 196 valence electrons. The Kier molecular flexibility index (Phi) is 5.34. The molecule has 1 aromatic heterocycles. The second kappa shape index (κ2) is 8.88. The molecular formula is C38H32OS. The molecule has 40 heavy (non-hydrogen) atoms. The van der Waals surface area contributed by atoms with E-state index in [9.17, 15) is 4.79 Å². The lowest BCUT2D eigenvalue weighted by Gasteiger charge is -2.24. The fourth-order valence-electron chi connectivity index (χ4n) is 8.32. The van der Waals surface area contributed by atoms with E-state index in [1.54, 1.807) is 28.0 Å². The monoisotopic (exact) mass is 536 g/mol. The van der Waals surface area contributed by atoms with Crippen LogP contribution in [0.25, 0.3) is 43.8 Å². The summed E-state index contributed by atoms with van der Waals surface area (Å²) in [5, 5.41) is 0. The first-order valence-corrected chi connectivity index (χ1v) is 15.6. The molecule has 0 N–H and O–H groups in total. The minimum Gasteiger partial charge on any atom is -0.297 e. The van der Waals surface area contributed by atoms with E-state index in [0.29, 0.717) is 17.8 Å². The van der Waals surface area contributed by atoms with Gasteiger partial charge < -0.3 is 0 Å². The van der Waals surface area contributed by atoms with Crippen LogP contribution in [0.1, 0.15) is 101 Å². The Bertz CT molecular complexity index is 1820. The molecule has 0 saturated heterocycles. The Balaban J connectivity index is 1.52. The maximum atomic E-state index is 11.5. The van der Waals surface area contributed by atoms with Crippen molar-refractivity contribution in [2.24, 2.45) is 0 Å². The quantitative estimate of drug-likeness (QED) is 0.204. The Hall–Kier alpha value is -3.75. The maximum absolute atomic E-state index is 11.5. The first kappa shape index (κ1) is 24.1. The third-order valence-electron chi connectivity index (χ3n) is 9.82. The zero-order chi connectivity index (χ0) is 27.1. The van der Waals surface area contributed by atoms with Gasteiger partial charge in [0.25, 0.3) is 0 Å². The number of hydrogen-bond donors (Lipinski definition) is 0. The predicted molar refractivity (Wildman–Crippen MR) is 168 cm³/mol. The van der Waals surface area contributed by atoms with Gasteiger partial charge in [-0.1, -0.05) is 81.4 Å².